The minimum absolute atomic E-state index is 0.114. The number of benzene rings is 2. The van der Waals surface area contributed by atoms with Crippen LogP contribution in [0.1, 0.15) is 50.2 Å². The molecule has 2 amide bonds. The standard InChI is InChI=1S/C26H34BrN3O4S/c1-19-8-7-11-24(16-19)30(35(3,33)34)18-25(31)29(17-21-12-14-22(27)15-13-21)20(2)26(32)28-23-9-5-4-6-10-23/h7-8,11-16,20,23H,4-6,9-10,17-18H2,1-3H3,(H,28,32). The first-order valence-corrected chi connectivity index (χ1v) is 14.6. The molecule has 2 aromatic rings. The molecule has 1 N–H and O–H groups in total. The molecule has 0 aromatic heterocycles. The number of hydrogen-bond donors (Lipinski definition) is 1. The van der Waals surface area contributed by atoms with Crippen LogP contribution in [0.3, 0.4) is 0 Å². The van der Waals surface area contributed by atoms with Crippen LogP contribution in [0.15, 0.2) is 53.0 Å². The second-order valence-electron chi connectivity index (χ2n) is 9.28. The number of nitrogens with zero attached hydrogens (tertiary/aromatic N) is 2. The minimum Gasteiger partial charge on any atom is -0.352 e. The maximum atomic E-state index is 13.6. The molecule has 1 fully saturated rings. The van der Waals surface area contributed by atoms with Crippen LogP contribution >= 0.6 is 15.9 Å². The van der Waals surface area contributed by atoms with Crippen LogP contribution < -0.4 is 9.62 Å². The van der Waals surface area contributed by atoms with Gasteiger partial charge in [-0.15, -0.1) is 0 Å². The highest BCUT2D eigenvalue weighted by molar-refractivity contribution is 9.10. The zero-order valence-electron chi connectivity index (χ0n) is 20.5. The van der Waals surface area contributed by atoms with E-state index >= 15 is 0 Å². The van der Waals surface area contributed by atoms with E-state index in [-0.39, 0.29) is 25.0 Å². The van der Waals surface area contributed by atoms with Gasteiger partial charge in [0.25, 0.3) is 0 Å². The van der Waals surface area contributed by atoms with Crippen molar-refractivity contribution in [2.24, 2.45) is 0 Å². The maximum Gasteiger partial charge on any atom is 0.244 e. The zero-order valence-corrected chi connectivity index (χ0v) is 22.9. The fourth-order valence-corrected chi connectivity index (χ4v) is 5.44. The summed E-state index contributed by atoms with van der Waals surface area (Å²) in [5, 5.41) is 3.10. The number of aryl methyl sites for hydroxylation is 1. The van der Waals surface area contributed by atoms with Gasteiger partial charge in [-0.05, 0) is 62.1 Å². The van der Waals surface area contributed by atoms with E-state index in [9.17, 15) is 18.0 Å². The number of sulfonamides is 1. The second-order valence-corrected chi connectivity index (χ2v) is 12.1. The maximum absolute atomic E-state index is 13.6. The lowest BCUT2D eigenvalue weighted by molar-refractivity contribution is -0.139. The van der Waals surface area contributed by atoms with Gasteiger partial charge in [-0.2, -0.15) is 0 Å². The van der Waals surface area contributed by atoms with Crippen LogP contribution in [0.2, 0.25) is 0 Å². The Morgan fingerprint density at radius 3 is 2.34 bits per heavy atom. The predicted molar refractivity (Wildman–Crippen MR) is 143 cm³/mol. The van der Waals surface area contributed by atoms with Gasteiger partial charge in [0, 0.05) is 17.1 Å². The summed E-state index contributed by atoms with van der Waals surface area (Å²) >= 11 is 3.42. The first-order valence-electron chi connectivity index (χ1n) is 11.9. The molecule has 1 saturated carbocycles. The summed E-state index contributed by atoms with van der Waals surface area (Å²) in [6.07, 6.45) is 6.31. The molecule has 0 radical (unpaired) electrons. The Morgan fingerprint density at radius 2 is 1.74 bits per heavy atom. The SMILES string of the molecule is Cc1cccc(N(CC(=O)N(Cc2ccc(Br)cc2)C(C)C(=O)NC2CCCCC2)S(C)(=O)=O)c1. The Labute approximate surface area is 217 Å². The van der Waals surface area contributed by atoms with Gasteiger partial charge < -0.3 is 10.2 Å². The van der Waals surface area contributed by atoms with Crippen LogP contribution in [-0.2, 0) is 26.2 Å². The fraction of sp³-hybridized carbons (Fsp3) is 0.462. The Kier molecular flexibility index (Phi) is 9.35. The molecule has 0 saturated heterocycles. The predicted octanol–water partition coefficient (Wildman–Crippen LogP) is 4.39. The summed E-state index contributed by atoms with van der Waals surface area (Å²) in [5.41, 5.74) is 2.15. The lowest BCUT2D eigenvalue weighted by Crippen LogP contribution is -2.52. The van der Waals surface area contributed by atoms with Crippen molar-refractivity contribution in [3.8, 4) is 0 Å². The van der Waals surface area contributed by atoms with E-state index in [0.29, 0.717) is 5.69 Å². The zero-order chi connectivity index (χ0) is 25.6. The van der Waals surface area contributed by atoms with Crippen molar-refractivity contribution in [1.82, 2.24) is 10.2 Å². The number of nitrogens with one attached hydrogen (secondary N) is 1. The van der Waals surface area contributed by atoms with Crippen LogP contribution in [0, 0.1) is 6.92 Å². The molecule has 0 spiro atoms. The van der Waals surface area contributed by atoms with Crippen LogP contribution in [0.5, 0.6) is 0 Å². The smallest absolute Gasteiger partial charge is 0.244 e. The molecule has 7 nitrogen and oxygen atoms in total. The molecule has 0 bridgehead atoms. The second kappa shape index (κ2) is 12.0. The van der Waals surface area contributed by atoms with Crippen molar-refractivity contribution in [3.63, 3.8) is 0 Å². The molecule has 1 aliphatic rings. The molecule has 1 atom stereocenters. The van der Waals surface area contributed by atoms with Gasteiger partial charge in [0.15, 0.2) is 0 Å². The summed E-state index contributed by atoms with van der Waals surface area (Å²) in [4.78, 5) is 28.2. The van der Waals surface area contributed by atoms with Gasteiger partial charge in [-0.3, -0.25) is 13.9 Å². The van der Waals surface area contributed by atoms with E-state index < -0.39 is 22.0 Å². The highest BCUT2D eigenvalue weighted by Gasteiger charge is 2.31. The average Bonchev–Trinajstić information content (AvgIpc) is 2.81. The van der Waals surface area contributed by atoms with Crippen molar-refractivity contribution in [3.05, 3.63) is 64.1 Å². The van der Waals surface area contributed by atoms with Crippen LogP contribution in [-0.4, -0.2) is 50.0 Å². The highest BCUT2D eigenvalue weighted by Crippen LogP contribution is 2.21. The van der Waals surface area contributed by atoms with Gasteiger partial charge in [0.1, 0.15) is 12.6 Å². The van der Waals surface area contributed by atoms with Crippen LogP contribution in [0.4, 0.5) is 5.69 Å². The van der Waals surface area contributed by atoms with E-state index in [1.807, 2.05) is 37.3 Å². The Balaban J connectivity index is 1.86. The van der Waals surface area contributed by atoms with Gasteiger partial charge in [0.05, 0.1) is 11.9 Å². The number of anilines is 1. The Bertz CT molecular complexity index is 1130. The molecule has 1 aliphatic carbocycles. The third-order valence-corrected chi connectivity index (χ3v) is 8.02. The molecule has 1 unspecified atom stereocenters. The molecule has 0 aliphatic heterocycles. The first kappa shape index (κ1) is 27.2. The Morgan fingerprint density at radius 1 is 1.09 bits per heavy atom. The quantitative estimate of drug-likeness (QED) is 0.490. The largest absolute Gasteiger partial charge is 0.352 e. The van der Waals surface area contributed by atoms with Gasteiger partial charge in [0.2, 0.25) is 21.8 Å². The molecule has 9 heteroatoms. The monoisotopic (exact) mass is 563 g/mol. The summed E-state index contributed by atoms with van der Waals surface area (Å²) in [6.45, 7) is 3.37. The third kappa shape index (κ3) is 7.80. The van der Waals surface area contributed by atoms with E-state index in [4.69, 9.17) is 0 Å². The Hall–Kier alpha value is -2.39. The molecule has 3 rings (SSSR count). The molecule has 190 valence electrons. The minimum atomic E-state index is -3.73. The highest BCUT2D eigenvalue weighted by atomic mass is 79.9. The van der Waals surface area contributed by atoms with Gasteiger partial charge in [-0.25, -0.2) is 8.42 Å². The summed E-state index contributed by atoms with van der Waals surface area (Å²) < 4.78 is 27.3. The molecule has 35 heavy (non-hydrogen) atoms. The molecular weight excluding hydrogens is 530 g/mol. The number of amides is 2. The number of carbonyl (C=O) groups is 2. The first-order chi connectivity index (χ1) is 16.5. The number of rotatable bonds is 9. The van der Waals surface area contributed by atoms with Crippen molar-refractivity contribution in [2.45, 2.75) is 64.6 Å². The number of hydrogen-bond acceptors (Lipinski definition) is 4. The molecule has 0 heterocycles. The van der Waals surface area contributed by atoms with Crippen molar-refractivity contribution < 1.29 is 18.0 Å². The van der Waals surface area contributed by atoms with Gasteiger partial charge in [-0.1, -0.05) is 59.5 Å². The third-order valence-electron chi connectivity index (χ3n) is 6.35. The van der Waals surface area contributed by atoms with E-state index in [0.717, 1.165) is 51.8 Å². The number of carbonyl (C=O) groups excluding carboxylic acids is 2. The molecule has 2 aromatic carbocycles. The van der Waals surface area contributed by atoms with Crippen molar-refractivity contribution >= 4 is 43.5 Å². The van der Waals surface area contributed by atoms with E-state index in [2.05, 4.69) is 21.2 Å². The summed E-state index contributed by atoms with van der Waals surface area (Å²) in [5.74, 6) is -0.657. The van der Waals surface area contributed by atoms with Crippen molar-refractivity contribution in [1.29, 1.82) is 0 Å². The fourth-order valence-electron chi connectivity index (χ4n) is 4.33. The lowest BCUT2D eigenvalue weighted by Gasteiger charge is -2.33. The van der Waals surface area contributed by atoms with Crippen molar-refractivity contribution in [2.75, 3.05) is 17.1 Å². The van der Waals surface area contributed by atoms with Gasteiger partial charge >= 0.3 is 0 Å². The van der Waals surface area contributed by atoms with Crippen LogP contribution in [0.25, 0.3) is 0 Å². The normalized spacial score (nSPS) is 15.3. The lowest BCUT2D eigenvalue weighted by atomic mass is 9.95. The van der Waals surface area contributed by atoms with E-state index in [1.54, 1.807) is 25.1 Å². The summed E-state index contributed by atoms with van der Waals surface area (Å²) in [7, 11) is -3.73. The average molecular weight is 565 g/mol. The number of halogens is 1. The molecular formula is C26H34BrN3O4S. The topological polar surface area (TPSA) is 86.8 Å². The van der Waals surface area contributed by atoms with E-state index in [1.165, 1.54) is 11.3 Å². The summed E-state index contributed by atoms with van der Waals surface area (Å²) in [6, 6.07) is 13.9.